The van der Waals surface area contributed by atoms with Crippen LogP contribution < -0.4 is 5.14 Å². The van der Waals surface area contributed by atoms with Crippen LogP contribution in [0.25, 0.3) is 0 Å². The summed E-state index contributed by atoms with van der Waals surface area (Å²) >= 11 is 0. The first-order valence-corrected chi connectivity index (χ1v) is 5.64. The molecule has 0 saturated carbocycles. The van der Waals surface area contributed by atoms with E-state index in [1.165, 1.54) is 0 Å². The number of rotatable bonds is 3. The molecule has 1 heterocycles. The minimum atomic E-state index is -3.98. The quantitative estimate of drug-likeness (QED) is 0.677. The Labute approximate surface area is 86.7 Å². The summed E-state index contributed by atoms with van der Waals surface area (Å²) in [5.74, 6) is -0.838. The Morgan fingerprint density at radius 3 is 2.60 bits per heavy atom. The molecule has 0 aliphatic carbocycles. The molecule has 15 heavy (non-hydrogen) atoms. The molecule has 0 radical (unpaired) electrons. The lowest BCUT2D eigenvalue weighted by atomic mass is 10.3. The third-order valence-corrected chi connectivity index (χ3v) is 2.82. The van der Waals surface area contributed by atoms with Crippen LogP contribution in [0.3, 0.4) is 0 Å². The van der Waals surface area contributed by atoms with Crippen molar-refractivity contribution in [3.8, 4) is 0 Å². The highest BCUT2D eigenvalue weighted by Gasteiger charge is 2.27. The maximum atomic E-state index is 11.2. The van der Waals surface area contributed by atoms with Gasteiger partial charge in [-0.2, -0.15) is 5.10 Å². The minimum Gasteiger partial charge on any atom is -0.464 e. The summed E-state index contributed by atoms with van der Waals surface area (Å²) in [6.07, 6.45) is 0.371. The summed E-state index contributed by atoms with van der Waals surface area (Å²) in [7, 11) is -2.85. The summed E-state index contributed by atoms with van der Waals surface area (Å²) in [6, 6.07) is 0. The van der Waals surface area contributed by atoms with E-state index < -0.39 is 16.0 Å². The summed E-state index contributed by atoms with van der Waals surface area (Å²) in [4.78, 5) is 10.9. The molecule has 0 aliphatic heterocycles. The van der Waals surface area contributed by atoms with Gasteiger partial charge in [-0.05, 0) is 6.42 Å². The molecule has 0 aliphatic rings. The molecule has 0 unspecified atom stereocenters. The van der Waals surface area contributed by atoms with Crippen LogP contribution in [0.1, 0.15) is 23.1 Å². The monoisotopic (exact) mass is 233 g/mol. The molecule has 0 amide bonds. The molecule has 0 atom stereocenters. The summed E-state index contributed by atoms with van der Waals surface area (Å²) in [5.41, 5.74) is -0.0187. The number of nitrogens with two attached hydrogens (primary N) is 1. The molecule has 0 saturated heterocycles. The molecule has 0 spiro atoms. The third-order valence-electron chi connectivity index (χ3n) is 1.81. The predicted octanol–water partition coefficient (Wildman–Crippen LogP) is -0.594. The summed E-state index contributed by atoms with van der Waals surface area (Å²) in [6.45, 7) is 1.71. The van der Waals surface area contributed by atoms with Crippen molar-refractivity contribution in [2.24, 2.45) is 5.14 Å². The van der Waals surface area contributed by atoms with Gasteiger partial charge in [-0.1, -0.05) is 6.92 Å². The van der Waals surface area contributed by atoms with E-state index >= 15 is 0 Å². The number of esters is 1. The summed E-state index contributed by atoms with van der Waals surface area (Å²) < 4.78 is 26.8. The number of ether oxygens (including phenoxy) is 1. The van der Waals surface area contributed by atoms with E-state index in [9.17, 15) is 13.2 Å². The number of aromatic nitrogens is 2. The van der Waals surface area contributed by atoms with E-state index in [1.54, 1.807) is 6.92 Å². The molecule has 1 aromatic heterocycles. The van der Waals surface area contributed by atoms with E-state index in [-0.39, 0.29) is 16.3 Å². The lowest BCUT2D eigenvalue weighted by Crippen LogP contribution is -2.17. The number of H-pyrrole nitrogens is 1. The lowest BCUT2D eigenvalue weighted by molar-refractivity contribution is 0.0589. The van der Waals surface area contributed by atoms with Crippen LogP contribution in [0.15, 0.2) is 4.90 Å². The van der Waals surface area contributed by atoms with Gasteiger partial charge in [0.15, 0.2) is 5.69 Å². The molecule has 1 aromatic rings. The normalized spacial score (nSPS) is 11.4. The zero-order chi connectivity index (χ0) is 11.6. The fraction of sp³-hybridized carbons (Fsp3) is 0.429. The number of primary sulfonamides is 1. The van der Waals surface area contributed by atoms with Crippen LogP contribution in [-0.4, -0.2) is 31.7 Å². The first kappa shape index (κ1) is 11.7. The van der Waals surface area contributed by atoms with Crippen LogP contribution in [-0.2, 0) is 21.2 Å². The van der Waals surface area contributed by atoms with Gasteiger partial charge in [0.2, 0.25) is 10.0 Å². The molecule has 3 N–H and O–H groups in total. The van der Waals surface area contributed by atoms with Crippen molar-refractivity contribution in [1.29, 1.82) is 0 Å². The van der Waals surface area contributed by atoms with Crippen LogP contribution in [0, 0.1) is 0 Å². The Kier molecular flexibility index (Phi) is 3.10. The molecule has 84 valence electrons. The van der Waals surface area contributed by atoms with Gasteiger partial charge in [0.1, 0.15) is 4.90 Å². The van der Waals surface area contributed by atoms with Gasteiger partial charge in [0.05, 0.1) is 12.8 Å². The molecule has 0 bridgehead atoms. The van der Waals surface area contributed by atoms with Crippen molar-refractivity contribution in [3.05, 3.63) is 11.4 Å². The van der Waals surface area contributed by atoms with Gasteiger partial charge in [-0.3, -0.25) is 5.10 Å². The third kappa shape index (κ3) is 2.16. The maximum absolute atomic E-state index is 11.2. The predicted molar refractivity (Wildman–Crippen MR) is 50.7 cm³/mol. The van der Waals surface area contributed by atoms with Gasteiger partial charge in [0, 0.05) is 0 Å². The SMILES string of the molecule is CCc1[nH]nc(C(=O)OC)c1S(N)(=O)=O. The standard InChI is InChI=1S/C7H11N3O4S/c1-3-4-6(15(8,12)13)5(10-9-4)7(11)14-2/h3H2,1-2H3,(H,9,10)(H2,8,12,13). The Balaban J connectivity index is 3.43. The highest BCUT2D eigenvalue weighted by Crippen LogP contribution is 2.17. The maximum Gasteiger partial charge on any atom is 0.360 e. The number of hydrogen-bond donors (Lipinski definition) is 2. The summed E-state index contributed by atoms with van der Waals surface area (Å²) in [5, 5.41) is 11.0. The zero-order valence-corrected chi connectivity index (χ0v) is 9.09. The van der Waals surface area contributed by atoms with Crippen molar-refractivity contribution in [3.63, 3.8) is 0 Å². The Bertz CT molecular complexity index is 476. The fourth-order valence-electron chi connectivity index (χ4n) is 1.15. The topological polar surface area (TPSA) is 115 Å². The van der Waals surface area contributed by atoms with E-state index in [0.29, 0.717) is 6.42 Å². The molecular formula is C7H11N3O4S. The van der Waals surface area contributed by atoms with E-state index in [1.807, 2.05) is 0 Å². The second-order valence-corrected chi connectivity index (χ2v) is 4.27. The number of carbonyl (C=O) groups is 1. The zero-order valence-electron chi connectivity index (χ0n) is 8.27. The number of aromatic amines is 1. The largest absolute Gasteiger partial charge is 0.464 e. The van der Waals surface area contributed by atoms with Gasteiger partial charge >= 0.3 is 5.97 Å². The molecule has 8 heteroatoms. The van der Waals surface area contributed by atoms with E-state index in [0.717, 1.165) is 7.11 Å². The van der Waals surface area contributed by atoms with Crippen molar-refractivity contribution in [1.82, 2.24) is 10.2 Å². The Morgan fingerprint density at radius 2 is 2.20 bits per heavy atom. The van der Waals surface area contributed by atoms with Crippen molar-refractivity contribution in [2.45, 2.75) is 18.2 Å². The van der Waals surface area contributed by atoms with Crippen molar-refractivity contribution in [2.75, 3.05) is 7.11 Å². The molecule has 1 rings (SSSR count). The second-order valence-electron chi connectivity index (χ2n) is 2.77. The van der Waals surface area contributed by atoms with Gasteiger partial charge < -0.3 is 4.74 Å². The van der Waals surface area contributed by atoms with Crippen molar-refractivity contribution < 1.29 is 17.9 Å². The average molecular weight is 233 g/mol. The van der Waals surface area contributed by atoms with Gasteiger partial charge in [0.25, 0.3) is 0 Å². The van der Waals surface area contributed by atoms with Crippen molar-refractivity contribution >= 4 is 16.0 Å². The van der Waals surface area contributed by atoms with Crippen LogP contribution >= 0.6 is 0 Å². The molecular weight excluding hydrogens is 222 g/mol. The number of methoxy groups -OCH3 is 1. The van der Waals surface area contributed by atoms with Gasteiger partial charge in [-0.15, -0.1) is 0 Å². The Hall–Kier alpha value is -1.41. The molecule has 7 nitrogen and oxygen atoms in total. The first-order valence-electron chi connectivity index (χ1n) is 4.10. The molecule has 0 fully saturated rings. The van der Waals surface area contributed by atoms with E-state index in [2.05, 4.69) is 14.9 Å². The minimum absolute atomic E-state index is 0.290. The number of aryl methyl sites for hydroxylation is 1. The highest BCUT2D eigenvalue weighted by atomic mass is 32.2. The number of carbonyl (C=O) groups excluding carboxylic acids is 1. The fourth-order valence-corrected chi connectivity index (χ4v) is 2.08. The number of nitrogens with one attached hydrogen (secondary N) is 1. The van der Waals surface area contributed by atoms with Crippen LogP contribution in [0.4, 0.5) is 0 Å². The second kappa shape index (κ2) is 3.99. The average Bonchev–Trinajstić information content (AvgIpc) is 2.59. The molecule has 0 aromatic carbocycles. The lowest BCUT2D eigenvalue weighted by Gasteiger charge is -2.00. The highest BCUT2D eigenvalue weighted by molar-refractivity contribution is 7.89. The first-order chi connectivity index (χ1) is 6.91. The van der Waals surface area contributed by atoms with Crippen LogP contribution in [0.2, 0.25) is 0 Å². The van der Waals surface area contributed by atoms with Crippen LogP contribution in [0.5, 0.6) is 0 Å². The Morgan fingerprint density at radius 1 is 1.60 bits per heavy atom. The number of sulfonamides is 1. The number of nitrogens with zero attached hydrogens (tertiary/aromatic N) is 1. The van der Waals surface area contributed by atoms with Gasteiger partial charge in [-0.25, -0.2) is 18.4 Å². The smallest absolute Gasteiger partial charge is 0.360 e. The number of hydrogen-bond acceptors (Lipinski definition) is 5. The van der Waals surface area contributed by atoms with E-state index in [4.69, 9.17) is 5.14 Å².